The number of rotatable bonds is 5. The minimum absolute atomic E-state index is 0.740. The van der Waals surface area contributed by atoms with Crippen molar-refractivity contribution in [1.82, 2.24) is 4.31 Å². The summed E-state index contributed by atoms with van der Waals surface area (Å²) in [7, 11) is -1.84. The molecule has 2 atom stereocenters. The number of aliphatic carboxylic acids is 1. The van der Waals surface area contributed by atoms with Gasteiger partial charge in [0.2, 0.25) is 10.0 Å². The second-order valence-corrected chi connectivity index (χ2v) is 7.41. The van der Waals surface area contributed by atoms with Gasteiger partial charge in [0, 0.05) is 14.1 Å². The molecule has 0 aromatic heterocycles. The van der Waals surface area contributed by atoms with Crippen LogP contribution in [0.1, 0.15) is 20.8 Å². The molecule has 8 nitrogen and oxygen atoms in total. The number of carboxylic acid groups (broad SMARTS) is 1. The van der Waals surface area contributed by atoms with E-state index in [0.717, 1.165) is 4.31 Å². The van der Waals surface area contributed by atoms with Gasteiger partial charge in [-0.1, -0.05) is 0 Å². The van der Waals surface area contributed by atoms with Gasteiger partial charge in [-0.05, 0) is 20.8 Å². The van der Waals surface area contributed by atoms with Crippen molar-refractivity contribution >= 4 is 22.0 Å². The fourth-order valence-corrected chi connectivity index (χ4v) is 2.40. The Hall–Kier alpha value is -1.19. The van der Waals surface area contributed by atoms with Gasteiger partial charge in [0.1, 0.15) is 11.6 Å². The predicted octanol–water partition coefficient (Wildman–Crippen LogP) is -1.000. The van der Waals surface area contributed by atoms with Gasteiger partial charge in [-0.25, -0.2) is 12.7 Å². The number of carboxylic acids is 1. The molecule has 0 spiro atoms. The summed E-state index contributed by atoms with van der Waals surface area (Å²) in [6, 6.07) is -1.90. The first-order valence-electron chi connectivity index (χ1n) is 5.43. The molecule has 0 rings (SSSR count). The molecule has 1 unspecified atom stereocenters. The molecule has 19 heavy (non-hydrogen) atoms. The summed E-state index contributed by atoms with van der Waals surface area (Å²) in [4.78, 5) is 22.7. The van der Waals surface area contributed by atoms with Crippen molar-refractivity contribution in [3.8, 4) is 0 Å². The summed E-state index contributed by atoms with van der Waals surface area (Å²) in [5, 5.41) is 6.84. The Balaban J connectivity index is 5.56. The zero-order valence-corrected chi connectivity index (χ0v) is 12.4. The molecule has 9 heteroatoms. The third-order valence-electron chi connectivity index (χ3n) is 2.08. The average Bonchev–Trinajstić information content (AvgIpc) is 2.13. The average molecular weight is 296 g/mol. The maximum Gasteiger partial charge on any atom is 0.328 e. The van der Waals surface area contributed by atoms with E-state index in [-0.39, 0.29) is 0 Å². The van der Waals surface area contributed by atoms with E-state index in [4.69, 9.17) is 15.6 Å². The molecule has 0 amide bonds. The normalized spacial score (nSPS) is 15.9. The van der Waals surface area contributed by atoms with Crippen molar-refractivity contribution in [1.29, 1.82) is 0 Å². The molecule has 0 saturated heterocycles. The molecule has 0 bridgehead atoms. The van der Waals surface area contributed by atoms with E-state index in [1.807, 2.05) is 0 Å². The molecule has 0 heterocycles. The lowest BCUT2D eigenvalue weighted by atomic mass is 10.1. The molecule has 0 saturated carbocycles. The van der Waals surface area contributed by atoms with Crippen LogP contribution in [0.2, 0.25) is 0 Å². The van der Waals surface area contributed by atoms with Crippen LogP contribution in [0, 0.1) is 0 Å². The molecule has 0 radical (unpaired) electrons. The quantitative estimate of drug-likeness (QED) is 0.623. The highest BCUT2D eigenvalue weighted by Crippen LogP contribution is 2.16. The molecule has 0 fully saturated rings. The lowest BCUT2D eigenvalue weighted by molar-refractivity contribution is -0.157. The second kappa shape index (κ2) is 5.85. The number of carbonyl (C=O) groups is 2. The molecular weight excluding hydrogens is 276 g/mol. The number of carbonyl (C=O) groups excluding carboxylic acids is 1. The highest BCUT2D eigenvalue weighted by atomic mass is 32.2. The lowest BCUT2D eigenvalue weighted by Gasteiger charge is -2.27. The van der Waals surface area contributed by atoms with Crippen LogP contribution in [0.3, 0.4) is 0 Å². The van der Waals surface area contributed by atoms with Gasteiger partial charge < -0.3 is 15.6 Å². The van der Waals surface area contributed by atoms with Gasteiger partial charge in [0.25, 0.3) is 0 Å². The van der Waals surface area contributed by atoms with E-state index in [0.29, 0.717) is 0 Å². The standard InChI is InChI=1S/C10H20N2O6S/c1-10(2,3)18-9(15)7(6(11)8(13)14)19(16,17)12(4)5/h6-7H,11H2,1-5H3,(H,13,14)/t6-,7?/m1/s1. The fraction of sp³-hybridized carbons (Fsp3) is 0.800. The highest BCUT2D eigenvalue weighted by Gasteiger charge is 2.45. The number of sulfonamides is 1. The summed E-state index contributed by atoms with van der Waals surface area (Å²) in [5.74, 6) is -2.78. The number of hydrogen-bond acceptors (Lipinski definition) is 6. The van der Waals surface area contributed by atoms with Crippen LogP contribution in [0.4, 0.5) is 0 Å². The monoisotopic (exact) mass is 296 g/mol. The minimum atomic E-state index is -4.20. The molecule has 0 aliphatic heterocycles. The van der Waals surface area contributed by atoms with E-state index in [1.54, 1.807) is 0 Å². The Morgan fingerprint density at radius 3 is 1.95 bits per heavy atom. The maximum atomic E-state index is 12.0. The van der Waals surface area contributed by atoms with Gasteiger partial charge in [-0.3, -0.25) is 9.59 Å². The maximum absolute atomic E-state index is 12.0. The first-order chi connectivity index (χ1) is 8.30. The molecule has 112 valence electrons. The van der Waals surface area contributed by atoms with E-state index in [2.05, 4.69) is 0 Å². The second-order valence-electron chi connectivity index (χ2n) is 5.15. The van der Waals surface area contributed by atoms with E-state index >= 15 is 0 Å². The first kappa shape index (κ1) is 17.8. The molecule has 0 aliphatic carbocycles. The van der Waals surface area contributed by atoms with Crippen LogP contribution in [0.15, 0.2) is 0 Å². The molecule has 3 N–H and O–H groups in total. The Labute approximate surface area is 112 Å². The van der Waals surface area contributed by atoms with Crippen LogP contribution >= 0.6 is 0 Å². The Kier molecular flexibility index (Phi) is 5.48. The summed E-state index contributed by atoms with van der Waals surface area (Å²) >= 11 is 0. The Morgan fingerprint density at radius 2 is 1.68 bits per heavy atom. The zero-order valence-electron chi connectivity index (χ0n) is 11.6. The first-order valence-corrected chi connectivity index (χ1v) is 6.93. The summed E-state index contributed by atoms with van der Waals surface area (Å²) in [6.45, 7) is 4.61. The summed E-state index contributed by atoms with van der Waals surface area (Å²) in [6.07, 6.45) is 0. The number of hydrogen-bond donors (Lipinski definition) is 2. The van der Waals surface area contributed by atoms with Crippen LogP contribution in [0.5, 0.6) is 0 Å². The minimum Gasteiger partial charge on any atom is -0.480 e. The summed E-state index contributed by atoms with van der Waals surface area (Å²) < 4.78 is 29.6. The SMILES string of the molecule is CN(C)S(=O)(=O)C(C(=O)OC(C)(C)C)[C@@H](N)C(=O)O. The van der Waals surface area contributed by atoms with Crippen molar-refractivity contribution < 1.29 is 27.9 Å². The van der Waals surface area contributed by atoms with Gasteiger partial charge in [-0.2, -0.15) is 0 Å². The number of ether oxygens (including phenoxy) is 1. The van der Waals surface area contributed by atoms with E-state index < -0.39 is 38.9 Å². The van der Waals surface area contributed by atoms with Crippen LogP contribution in [0.25, 0.3) is 0 Å². The fourth-order valence-electron chi connectivity index (χ4n) is 1.17. The number of nitrogens with two attached hydrogens (primary N) is 1. The van der Waals surface area contributed by atoms with Crippen LogP contribution < -0.4 is 5.73 Å². The van der Waals surface area contributed by atoms with E-state index in [1.165, 1.54) is 34.9 Å². The van der Waals surface area contributed by atoms with Crippen molar-refractivity contribution in [3.63, 3.8) is 0 Å². The molecule has 0 aromatic rings. The molecule has 0 aromatic carbocycles. The molecule has 0 aliphatic rings. The largest absolute Gasteiger partial charge is 0.480 e. The summed E-state index contributed by atoms with van der Waals surface area (Å²) in [5.41, 5.74) is 4.35. The van der Waals surface area contributed by atoms with Crippen molar-refractivity contribution in [2.75, 3.05) is 14.1 Å². The smallest absolute Gasteiger partial charge is 0.328 e. The zero-order chi connectivity index (χ0) is 15.6. The third kappa shape index (κ3) is 4.77. The predicted molar refractivity (Wildman–Crippen MR) is 67.9 cm³/mol. The topological polar surface area (TPSA) is 127 Å². The van der Waals surface area contributed by atoms with Gasteiger partial charge in [0.05, 0.1) is 0 Å². The van der Waals surface area contributed by atoms with Crippen molar-refractivity contribution in [2.24, 2.45) is 5.73 Å². The van der Waals surface area contributed by atoms with Crippen molar-refractivity contribution in [2.45, 2.75) is 37.7 Å². The number of nitrogens with zero attached hydrogens (tertiary/aromatic N) is 1. The van der Waals surface area contributed by atoms with Crippen LogP contribution in [-0.2, 0) is 24.3 Å². The number of esters is 1. The Bertz CT molecular complexity index is 451. The van der Waals surface area contributed by atoms with Gasteiger partial charge in [0.15, 0.2) is 5.25 Å². The van der Waals surface area contributed by atoms with E-state index in [9.17, 15) is 18.0 Å². The molecular formula is C10H20N2O6S. The third-order valence-corrected chi connectivity index (χ3v) is 4.23. The van der Waals surface area contributed by atoms with Gasteiger partial charge in [-0.15, -0.1) is 0 Å². The lowest BCUT2D eigenvalue weighted by Crippen LogP contribution is -2.55. The van der Waals surface area contributed by atoms with Crippen molar-refractivity contribution in [3.05, 3.63) is 0 Å². The van der Waals surface area contributed by atoms with Gasteiger partial charge >= 0.3 is 11.9 Å². The Morgan fingerprint density at radius 1 is 1.26 bits per heavy atom. The van der Waals surface area contributed by atoms with Crippen LogP contribution in [-0.4, -0.2) is 60.8 Å². The highest BCUT2D eigenvalue weighted by molar-refractivity contribution is 7.90.